The standard InChI is InChI=1S/C21H17ClF2N6O/c22-17-8-26-18(9-25-17)29-15-4-11-5-16(15)30(10-11)21(31)13-2-1-3-14(24)19(13)20-27-6-12(23)7-28-20/h1-3,6-9,11,15-16H,4-5,10H2,(H,26,29)/t11-,15-,16+/m1/s1. The molecule has 5 rings (SSSR count). The zero-order valence-electron chi connectivity index (χ0n) is 16.2. The molecular weight excluding hydrogens is 426 g/mol. The quantitative estimate of drug-likeness (QED) is 0.665. The number of benzene rings is 1. The lowest BCUT2D eigenvalue weighted by molar-refractivity contribution is 0.0692. The van der Waals surface area contributed by atoms with E-state index >= 15 is 0 Å². The Kier molecular flexibility index (Phi) is 4.97. The van der Waals surface area contributed by atoms with E-state index in [-0.39, 0.29) is 34.9 Å². The van der Waals surface area contributed by atoms with Crippen LogP contribution in [0, 0.1) is 17.6 Å². The molecule has 1 saturated heterocycles. The second-order valence-electron chi connectivity index (χ2n) is 7.72. The average Bonchev–Trinajstić information content (AvgIpc) is 3.36. The van der Waals surface area contributed by atoms with Crippen molar-refractivity contribution in [1.82, 2.24) is 24.8 Å². The summed E-state index contributed by atoms with van der Waals surface area (Å²) in [6.45, 7) is 0.591. The largest absolute Gasteiger partial charge is 0.364 e. The van der Waals surface area contributed by atoms with Gasteiger partial charge in [0.25, 0.3) is 5.91 Å². The van der Waals surface area contributed by atoms with Gasteiger partial charge in [0.1, 0.15) is 16.8 Å². The molecule has 2 aromatic heterocycles. The van der Waals surface area contributed by atoms with Crippen molar-refractivity contribution < 1.29 is 13.6 Å². The van der Waals surface area contributed by atoms with E-state index in [1.807, 2.05) is 0 Å². The summed E-state index contributed by atoms with van der Waals surface area (Å²) in [4.78, 5) is 31.2. The molecule has 0 radical (unpaired) electrons. The van der Waals surface area contributed by atoms with Crippen LogP contribution >= 0.6 is 11.6 Å². The van der Waals surface area contributed by atoms with Gasteiger partial charge < -0.3 is 10.2 Å². The molecule has 0 unspecified atom stereocenters. The van der Waals surface area contributed by atoms with Crippen molar-refractivity contribution in [3.63, 3.8) is 0 Å². The van der Waals surface area contributed by atoms with Crippen molar-refractivity contribution in [1.29, 1.82) is 0 Å². The third-order valence-electron chi connectivity index (χ3n) is 5.78. The molecule has 7 nitrogen and oxygen atoms in total. The summed E-state index contributed by atoms with van der Waals surface area (Å²) in [5.74, 6) is -0.676. The van der Waals surface area contributed by atoms with Crippen LogP contribution in [0.4, 0.5) is 14.6 Å². The Hall–Kier alpha value is -3.20. The second kappa shape index (κ2) is 7.81. The summed E-state index contributed by atoms with van der Waals surface area (Å²) >= 11 is 5.79. The summed E-state index contributed by atoms with van der Waals surface area (Å²) in [6.07, 6.45) is 6.67. The molecule has 10 heteroatoms. The third kappa shape index (κ3) is 3.69. The van der Waals surface area contributed by atoms with E-state index in [1.165, 1.54) is 18.3 Å². The highest BCUT2D eigenvalue weighted by molar-refractivity contribution is 6.29. The fourth-order valence-electron chi connectivity index (χ4n) is 4.52. The van der Waals surface area contributed by atoms with Crippen LogP contribution in [0.3, 0.4) is 0 Å². The van der Waals surface area contributed by atoms with E-state index in [9.17, 15) is 13.6 Å². The molecule has 1 aliphatic carbocycles. The van der Waals surface area contributed by atoms with E-state index in [0.717, 1.165) is 25.2 Å². The predicted octanol–water partition coefficient (Wildman–Crippen LogP) is 3.58. The van der Waals surface area contributed by atoms with Crippen molar-refractivity contribution in [3.05, 3.63) is 65.3 Å². The van der Waals surface area contributed by atoms with E-state index in [1.54, 1.807) is 17.2 Å². The number of aromatic nitrogens is 4. The first-order valence-corrected chi connectivity index (χ1v) is 10.2. The van der Waals surface area contributed by atoms with Gasteiger partial charge in [-0.05, 0) is 30.9 Å². The number of hydrogen-bond donors (Lipinski definition) is 1. The molecule has 1 N–H and O–H groups in total. The Morgan fingerprint density at radius 2 is 1.87 bits per heavy atom. The van der Waals surface area contributed by atoms with E-state index < -0.39 is 11.6 Å². The Morgan fingerprint density at radius 1 is 1.06 bits per heavy atom. The summed E-state index contributed by atoms with van der Waals surface area (Å²) in [6, 6.07) is 4.19. The zero-order valence-corrected chi connectivity index (χ0v) is 16.9. The molecule has 3 heterocycles. The fraction of sp³-hybridized carbons (Fsp3) is 0.286. The molecule has 1 saturated carbocycles. The van der Waals surface area contributed by atoms with Gasteiger partial charge in [0.05, 0.1) is 42.0 Å². The van der Waals surface area contributed by atoms with Gasteiger partial charge >= 0.3 is 0 Å². The normalized spacial score (nSPS) is 22.0. The van der Waals surface area contributed by atoms with Gasteiger partial charge in [-0.3, -0.25) is 4.79 Å². The van der Waals surface area contributed by atoms with Crippen molar-refractivity contribution in [2.24, 2.45) is 5.92 Å². The Bertz CT molecular complexity index is 1130. The number of carbonyl (C=O) groups is 1. The van der Waals surface area contributed by atoms with E-state index in [2.05, 4.69) is 25.3 Å². The first kappa shape index (κ1) is 19.7. The van der Waals surface area contributed by atoms with Gasteiger partial charge in [-0.15, -0.1) is 0 Å². The van der Waals surface area contributed by atoms with Crippen molar-refractivity contribution in [2.75, 3.05) is 11.9 Å². The van der Waals surface area contributed by atoms with Crippen LogP contribution in [0.15, 0.2) is 43.0 Å². The van der Waals surface area contributed by atoms with Gasteiger partial charge in [0.2, 0.25) is 0 Å². The van der Waals surface area contributed by atoms with E-state index in [4.69, 9.17) is 11.6 Å². The summed E-state index contributed by atoms with van der Waals surface area (Å²) in [5, 5.41) is 3.64. The minimum absolute atomic E-state index is 0.00254. The van der Waals surface area contributed by atoms with Gasteiger partial charge in [0, 0.05) is 12.6 Å². The van der Waals surface area contributed by atoms with Crippen LogP contribution in [-0.4, -0.2) is 49.4 Å². The molecule has 1 aliphatic heterocycles. The number of anilines is 1. The Balaban J connectivity index is 1.42. The maximum Gasteiger partial charge on any atom is 0.255 e. The van der Waals surface area contributed by atoms with Crippen LogP contribution in [0.2, 0.25) is 5.15 Å². The topological polar surface area (TPSA) is 83.9 Å². The van der Waals surface area contributed by atoms with Crippen molar-refractivity contribution >= 4 is 23.3 Å². The van der Waals surface area contributed by atoms with Gasteiger partial charge in [-0.25, -0.2) is 28.7 Å². The van der Waals surface area contributed by atoms with Gasteiger partial charge in [-0.2, -0.15) is 0 Å². The summed E-state index contributed by atoms with van der Waals surface area (Å²) < 4.78 is 27.9. The van der Waals surface area contributed by atoms with Crippen LogP contribution in [0.25, 0.3) is 11.4 Å². The second-order valence-corrected chi connectivity index (χ2v) is 8.11. The predicted molar refractivity (Wildman–Crippen MR) is 109 cm³/mol. The number of piperidine rings is 1. The maximum atomic E-state index is 14.7. The van der Waals surface area contributed by atoms with Crippen molar-refractivity contribution in [2.45, 2.75) is 24.9 Å². The monoisotopic (exact) mass is 442 g/mol. The highest BCUT2D eigenvalue weighted by Gasteiger charge is 2.47. The fourth-order valence-corrected chi connectivity index (χ4v) is 4.61. The van der Waals surface area contributed by atoms with Gasteiger partial charge in [0.15, 0.2) is 11.6 Å². The molecule has 2 aliphatic rings. The molecule has 2 bridgehead atoms. The lowest BCUT2D eigenvalue weighted by Crippen LogP contribution is -2.48. The summed E-state index contributed by atoms with van der Waals surface area (Å²) in [7, 11) is 0. The number of rotatable bonds is 4. The maximum absolute atomic E-state index is 14.7. The van der Waals surface area contributed by atoms with E-state index in [0.29, 0.717) is 23.4 Å². The molecule has 158 valence electrons. The number of amides is 1. The van der Waals surface area contributed by atoms with Crippen LogP contribution in [0.1, 0.15) is 23.2 Å². The van der Waals surface area contributed by atoms with Crippen molar-refractivity contribution in [3.8, 4) is 11.4 Å². The number of nitrogens with zero attached hydrogens (tertiary/aromatic N) is 5. The van der Waals surface area contributed by atoms with Crippen LogP contribution in [-0.2, 0) is 0 Å². The highest BCUT2D eigenvalue weighted by Crippen LogP contribution is 2.40. The zero-order chi connectivity index (χ0) is 21.5. The number of hydrogen-bond acceptors (Lipinski definition) is 6. The molecule has 0 spiro atoms. The minimum Gasteiger partial charge on any atom is -0.364 e. The number of halogens is 3. The minimum atomic E-state index is -0.635. The first-order chi connectivity index (χ1) is 15.0. The molecular formula is C21H17ClF2N6O. The molecule has 2 fully saturated rings. The molecule has 31 heavy (non-hydrogen) atoms. The lowest BCUT2D eigenvalue weighted by atomic mass is 10.0. The number of nitrogens with one attached hydrogen (secondary N) is 1. The molecule has 1 amide bonds. The number of likely N-dealkylation sites (tertiary alicyclic amines) is 1. The number of fused-ring (bicyclic) bond motifs is 2. The Labute approximate surface area is 181 Å². The summed E-state index contributed by atoms with van der Waals surface area (Å²) in [5.41, 5.74) is 0.132. The third-order valence-corrected chi connectivity index (χ3v) is 5.98. The highest BCUT2D eigenvalue weighted by atomic mass is 35.5. The smallest absolute Gasteiger partial charge is 0.255 e. The Morgan fingerprint density at radius 3 is 2.58 bits per heavy atom. The van der Waals surface area contributed by atoms with Crippen LogP contribution in [0.5, 0.6) is 0 Å². The average molecular weight is 443 g/mol. The molecule has 1 aromatic carbocycles. The SMILES string of the molecule is O=C(c1cccc(F)c1-c1ncc(F)cn1)N1C[C@@H]2C[C@@H](Nc3cnc(Cl)cn3)[C@@H]1C2. The molecule has 3 atom stereocenters. The molecule has 3 aromatic rings. The lowest BCUT2D eigenvalue weighted by Gasteiger charge is -2.34. The van der Waals surface area contributed by atoms with Crippen LogP contribution < -0.4 is 5.32 Å². The van der Waals surface area contributed by atoms with Gasteiger partial charge in [-0.1, -0.05) is 17.7 Å². The first-order valence-electron chi connectivity index (χ1n) is 9.81. The number of carbonyl (C=O) groups excluding carboxylic acids is 1.